The molecule has 0 radical (unpaired) electrons. The third kappa shape index (κ3) is 4.98. The van der Waals surface area contributed by atoms with Crippen LogP contribution in [0.25, 0.3) is 11.4 Å². The molecule has 1 fully saturated rings. The number of pyridine rings is 1. The van der Waals surface area contributed by atoms with Gasteiger partial charge in [0.25, 0.3) is 0 Å². The monoisotopic (exact) mass is 453 g/mol. The van der Waals surface area contributed by atoms with Gasteiger partial charge in [-0.1, -0.05) is 13.8 Å². The Bertz CT molecular complexity index is 1090. The molecule has 1 saturated heterocycles. The summed E-state index contributed by atoms with van der Waals surface area (Å²) in [6, 6.07) is 3.69. The Labute approximate surface area is 194 Å². The molecule has 0 aliphatic carbocycles. The molecule has 1 N–H and O–H groups in total. The van der Waals surface area contributed by atoms with Gasteiger partial charge in [-0.05, 0) is 49.1 Å². The van der Waals surface area contributed by atoms with Crippen LogP contribution in [-0.2, 0) is 13.0 Å². The largest absolute Gasteiger partial charge is 0.496 e. The Morgan fingerprint density at radius 2 is 1.91 bits per heavy atom. The second-order valence-corrected chi connectivity index (χ2v) is 9.11. The maximum absolute atomic E-state index is 15.2. The first-order valence-corrected chi connectivity index (χ1v) is 11.4. The first kappa shape index (κ1) is 23.1. The molecule has 0 spiro atoms. The standard InChI is InChI=1S/C24H32FN7O/c1-15(2)10-18-11-19(25)22(24-27-29-30-28-24)21(12-18)32-8-6-31(7-9-32)14-20-17(4)23(33-5)16(3)13-26-20/h11-13,15H,6-10,14H2,1-5H3,(H,27,28,29,30). The number of halogens is 1. The zero-order valence-electron chi connectivity index (χ0n) is 20.0. The molecule has 1 aliphatic rings. The van der Waals surface area contributed by atoms with Gasteiger partial charge >= 0.3 is 0 Å². The van der Waals surface area contributed by atoms with Crippen LogP contribution in [-0.4, -0.2) is 63.8 Å². The summed E-state index contributed by atoms with van der Waals surface area (Å²) in [7, 11) is 1.70. The Morgan fingerprint density at radius 1 is 1.15 bits per heavy atom. The Balaban J connectivity index is 1.54. The number of aromatic nitrogens is 5. The molecule has 2 aromatic heterocycles. The van der Waals surface area contributed by atoms with Crippen molar-refractivity contribution in [2.75, 3.05) is 38.2 Å². The molecule has 0 bridgehead atoms. The number of tetrazole rings is 1. The lowest BCUT2D eigenvalue weighted by atomic mass is 9.98. The van der Waals surface area contributed by atoms with E-state index in [4.69, 9.17) is 4.74 Å². The lowest BCUT2D eigenvalue weighted by Gasteiger charge is -2.37. The highest BCUT2D eigenvalue weighted by atomic mass is 19.1. The third-order valence-electron chi connectivity index (χ3n) is 6.18. The molecule has 0 atom stereocenters. The lowest BCUT2D eigenvalue weighted by Crippen LogP contribution is -2.46. The highest BCUT2D eigenvalue weighted by Gasteiger charge is 2.25. The second-order valence-electron chi connectivity index (χ2n) is 9.11. The van der Waals surface area contributed by atoms with Crippen molar-refractivity contribution in [2.45, 2.75) is 40.7 Å². The molecule has 4 rings (SSSR count). The average Bonchev–Trinajstić information content (AvgIpc) is 3.30. The number of methoxy groups -OCH3 is 1. The van der Waals surface area contributed by atoms with Crippen LogP contribution in [0.2, 0.25) is 0 Å². The molecule has 33 heavy (non-hydrogen) atoms. The highest BCUT2D eigenvalue weighted by molar-refractivity contribution is 5.75. The van der Waals surface area contributed by atoms with Gasteiger partial charge in [0.15, 0.2) is 0 Å². The third-order valence-corrected chi connectivity index (χ3v) is 6.18. The topological polar surface area (TPSA) is 83.1 Å². The zero-order valence-corrected chi connectivity index (χ0v) is 20.0. The van der Waals surface area contributed by atoms with Crippen molar-refractivity contribution in [3.8, 4) is 17.1 Å². The molecule has 9 heteroatoms. The number of rotatable bonds is 7. The minimum atomic E-state index is -0.307. The number of piperazine rings is 1. The summed E-state index contributed by atoms with van der Waals surface area (Å²) in [5, 5.41) is 14.2. The van der Waals surface area contributed by atoms with E-state index in [0.717, 1.165) is 73.0 Å². The normalized spacial score (nSPS) is 14.8. The van der Waals surface area contributed by atoms with Crippen molar-refractivity contribution in [3.05, 3.63) is 46.5 Å². The van der Waals surface area contributed by atoms with E-state index >= 15 is 4.39 Å². The number of aromatic amines is 1. The van der Waals surface area contributed by atoms with Crippen LogP contribution < -0.4 is 9.64 Å². The summed E-state index contributed by atoms with van der Waals surface area (Å²) < 4.78 is 20.8. The van der Waals surface area contributed by atoms with E-state index < -0.39 is 0 Å². The number of anilines is 1. The van der Waals surface area contributed by atoms with Crippen molar-refractivity contribution in [1.82, 2.24) is 30.5 Å². The Kier molecular flexibility index (Phi) is 6.88. The molecule has 1 aromatic carbocycles. The summed E-state index contributed by atoms with van der Waals surface area (Å²) in [6.07, 6.45) is 2.69. The summed E-state index contributed by atoms with van der Waals surface area (Å²) in [6.45, 7) is 12.3. The summed E-state index contributed by atoms with van der Waals surface area (Å²) >= 11 is 0. The minimum Gasteiger partial charge on any atom is -0.496 e. The van der Waals surface area contributed by atoms with Gasteiger partial charge in [0, 0.05) is 50.0 Å². The van der Waals surface area contributed by atoms with Crippen LogP contribution in [0.4, 0.5) is 10.1 Å². The van der Waals surface area contributed by atoms with Gasteiger partial charge in [-0.3, -0.25) is 9.88 Å². The average molecular weight is 454 g/mol. The highest BCUT2D eigenvalue weighted by Crippen LogP contribution is 2.34. The van der Waals surface area contributed by atoms with Gasteiger partial charge in [-0.25, -0.2) is 4.39 Å². The van der Waals surface area contributed by atoms with Gasteiger partial charge in [0.05, 0.1) is 24.1 Å². The number of aryl methyl sites for hydroxylation is 1. The molecule has 0 amide bonds. The Hall–Kier alpha value is -3.07. The quantitative estimate of drug-likeness (QED) is 0.586. The van der Waals surface area contributed by atoms with E-state index in [1.165, 1.54) is 0 Å². The predicted molar refractivity (Wildman–Crippen MR) is 126 cm³/mol. The lowest BCUT2D eigenvalue weighted by molar-refractivity contribution is 0.246. The molecule has 3 heterocycles. The zero-order chi connectivity index (χ0) is 23.5. The van der Waals surface area contributed by atoms with Gasteiger partial charge in [-0.2, -0.15) is 5.21 Å². The Morgan fingerprint density at radius 3 is 2.55 bits per heavy atom. The number of ether oxygens (including phenoxy) is 1. The number of nitrogens with one attached hydrogen (secondary N) is 1. The van der Waals surface area contributed by atoms with E-state index in [9.17, 15) is 0 Å². The van der Waals surface area contributed by atoms with Crippen LogP contribution in [0.5, 0.6) is 5.75 Å². The van der Waals surface area contributed by atoms with E-state index in [-0.39, 0.29) is 11.6 Å². The van der Waals surface area contributed by atoms with Crippen molar-refractivity contribution >= 4 is 5.69 Å². The van der Waals surface area contributed by atoms with Gasteiger partial charge in [0.1, 0.15) is 11.6 Å². The van der Waals surface area contributed by atoms with Crippen molar-refractivity contribution in [1.29, 1.82) is 0 Å². The second kappa shape index (κ2) is 9.82. The number of nitrogens with zero attached hydrogens (tertiary/aromatic N) is 6. The molecule has 1 aliphatic heterocycles. The van der Waals surface area contributed by atoms with Crippen molar-refractivity contribution in [2.24, 2.45) is 5.92 Å². The summed E-state index contributed by atoms with van der Waals surface area (Å²) in [5.41, 5.74) is 5.38. The SMILES string of the molecule is COc1c(C)cnc(CN2CCN(c3cc(CC(C)C)cc(F)c3-c3nn[nH]n3)CC2)c1C. The summed E-state index contributed by atoms with van der Waals surface area (Å²) in [4.78, 5) is 9.25. The molecule has 0 unspecified atom stereocenters. The van der Waals surface area contributed by atoms with Gasteiger partial charge in [0.2, 0.25) is 5.82 Å². The van der Waals surface area contributed by atoms with Crippen LogP contribution >= 0.6 is 0 Å². The van der Waals surface area contributed by atoms with Crippen LogP contribution in [0.15, 0.2) is 18.3 Å². The summed E-state index contributed by atoms with van der Waals surface area (Å²) in [5.74, 6) is 1.32. The first-order chi connectivity index (χ1) is 15.9. The van der Waals surface area contributed by atoms with E-state index in [2.05, 4.69) is 62.2 Å². The predicted octanol–water partition coefficient (Wildman–Crippen LogP) is 3.55. The minimum absolute atomic E-state index is 0.285. The van der Waals surface area contributed by atoms with Gasteiger partial charge in [-0.15, -0.1) is 10.2 Å². The van der Waals surface area contributed by atoms with Crippen LogP contribution in [0.3, 0.4) is 0 Å². The maximum Gasteiger partial charge on any atom is 0.209 e. The van der Waals surface area contributed by atoms with E-state index in [0.29, 0.717) is 11.5 Å². The smallest absolute Gasteiger partial charge is 0.209 e. The molecule has 0 saturated carbocycles. The van der Waals surface area contributed by atoms with Crippen molar-refractivity contribution < 1.29 is 9.13 Å². The first-order valence-electron chi connectivity index (χ1n) is 11.4. The van der Waals surface area contributed by atoms with E-state index in [1.54, 1.807) is 13.2 Å². The van der Waals surface area contributed by atoms with Crippen LogP contribution in [0, 0.1) is 25.6 Å². The van der Waals surface area contributed by atoms with Crippen LogP contribution in [0.1, 0.15) is 36.2 Å². The number of hydrogen-bond donors (Lipinski definition) is 1. The fourth-order valence-electron chi connectivity index (χ4n) is 4.56. The van der Waals surface area contributed by atoms with Gasteiger partial charge < -0.3 is 9.64 Å². The van der Waals surface area contributed by atoms with Crippen molar-refractivity contribution in [3.63, 3.8) is 0 Å². The number of hydrogen-bond acceptors (Lipinski definition) is 7. The molecular weight excluding hydrogens is 421 g/mol. The number of benzene rings is 1. The van der Waals surface area contributed by atoms with E-state index in [1.807, 2.05) is 13.1 Å². The molecule has 176 valence electrons. The maximum atomic E-state index is 15.2. The molecule has 3 aromatic rings. The fourth-order valence-corrected chi connectivity index (χ4v) is 4.56. The molecule has 8 nitrogen and oxygen atoms in total. The number of H-pyrrole nitrogens is 1. The fraction of sp³-hybridized carbons (Fsp3) is 0.500. The molecular formula is C24H32FN7O.